The summed E-state index contributed by atoms with van der Waals surface area (Å²) in [5, 5.41) is 11.4. The number of carbonyl (C=O) groups is 2. The highest BCUT2D eigenvalue weighted by atomic mass is 16.6. The topological polar surface area (TPSA) is 108 Å². The summed E-state index contributed by atoms with van der Waals surface area (Å²) in [6.45, 7) is 5.30. The molecule has 26 heavy (non-hydrogen) atoms. The second-order valence-corrected chi connectivity index (χ2v) is 7.00. The van der Waals surface area contributed by atoms with Gasteiger partial charge in [0.25, 0.3) is 11.6 Å². The van der Waals surface area contributed by atoms with Gasteiger partial charge < -0.3 is 9.64 Å². The molecule has 2 heterocycles. The molecule has 0 saturated carbocycles. The molecule has 0 saturated heterocycles. The largest absolute Gasteiger partial charge is 0.455 e. The Bertz CT molecular complexity index is 926. The van der Waals surface area contributed by atoms with Gasteiger partial charge in [-0.25, -0.2) is 9.78 Å². The fourth-order valence-corrected chi connectivity index (χ4v) is 2.82. The number of hydrogen-bond acceptors (Lipinski definition) is 6. The van der Waals surface area contributed by atoms with Gasteiger partial charge in [-0.1, -0.05) is 6.07 Å². The zero-order valence-corrected chi connectivity index (χ0v) is 14.8. The molecule has 0 N–H and O–H groups in total. The zero-order chi connectivity index (χ0) is 19.2. The van der Waals surface area contributed by atoms with E-state index in [9.17, 15) is 19.7 Å². The number of nitrogens with zero attached hydrogens (tertiary/aromatic N) is 4. The molecule has 0 unspecified atom stereocenters. The fourth-order valence-electron chi connectivity index (χ4n) is 2.82. The van der Waals surface area contributed by atoms with E-state index in [1.807, 2.05) is 0 Å². The number of carbonyl (C=O) groups excluding carboxylic acids is 2. The average molecular weight is 358 g/mol. The quantitative estimate of drug-likeness (QED) is 0.463. The van der Waals surface area contributed by atoms with E-state index < -0.39 is 22.4 Å². The maximum atomic E-state index is 12.7. The minimum atomic E-state index is -0.698. The number of benzene rings is 1. The molecule has 1 aliphatic heterocycles. The van der Waals surface area contributed by atoms with Gasteiger partial charge in [-0.2, -0.15) is 0 Å². The molecular weight excluding hydrogens is 340 g/mol. The molecule has 1 aromatic carbocycles. The summed E-state index contributed by atoms with van der Waals surface area (Å²) < 4.78 is 6.91. The second-order valence-electron chi connectivity index (χ2n) is 7.00. The monoisotopic (exact) mass is 358 g/mol. The molecule has 3 rings (SSSR count). The third kappa shape index (κ3) is 2.92. The van der Waals surface area contributed by atoms with Crippen LogP contribution in [0.15, 0.2) is 24.5 Å². The van der Waals surface area contributed by atoms with Crippen LogP contribution in [0, 0.1) is 10.1 Å². The minimum absolute atomic E-state index is 0.0353. The van der Waals surface area contributed by atoms with Crippen molar-refractivity contribution >= 4 is 17.6 Å². The van der Waals surface area contributed by atoms with Crippen molar-refractivity contribution in [2.24, 2.45) is 0 Å². The van der Waals surface area contributed by atoms with Gasteiger partial charge in [-0.05, 0) is 26.8 Å². The van der Waals surface area contributed by atoms with Crippen LogP contribution in [-0.4, -0.2) is 43.9 Å². The Labute approximate surface area is 149 Å². The Morgan fingerprint density at radius 1 is 1.35 bits per heavy atom. The van der Waals surface area contributed by atoms with Crippen LogP contribution in [0.1, 0.15) is 47.3 Å². The SMILES string of the molecule is CN1Cc2c(C(=O)OC(C)(C)C)ncn2-c2cccc([N+](=O)[O-])c2C1=O. The van der Waals surface area contributed by atoms with Gasteiger partial charge in [0.2, 0.25) is 0 Å². The second kappa shape index (κ2) is 5.94. The van der Waals surface area contributed by atoms with Crippen molar-refractivity contribution in [3.63, 3.8) is 0 Å². The molecule has 0 fully saturated rings. The van der Waals surface area contributed by atoms with Gasteiger partial charge >= 0.3 is 5.97 Å². The summed E-state index contributed by atoms with van der Waals surface area (Å²) in [6, 6.07) is 4.36. The summed E-state index contributed by atoms with van der Waals surface area (Å²) in [7, 11) is 1.52. The predicted molar refractivity (Wildman–Crippen MR) is 91.2 cm³/mol. The van der Waals surface area contributed by atoms with Crippen molar-refractivity contribution in [3.8, 4) is 5.69 Å². The van der Waals surface area contributed by atoms with Crippen molar-refractivity contribution in [1.29, 1.82) is 0 Å². The van der Waals surface area contributed by atoms with E-state index in [0.717, 1.165) is 0 Å². The van der Waals surface area contributed by atoms with Crippen LogP contribution in [0.4, 0.5) is 5.69 Å². The summed E-state index contributed by atoms with van der Waals surface area (Å²) >= 11 is 0. The van der Waals surface area contributed by atoms with E-state index >= 15 is 0 Å². The van der Waals surface area contributed by atoms with Crippen molar-refractivity contribution in [2.45, 2.75) is 32.9 Å². The Morgan fingerprint density at radius 2 is 2.04 bits per heavy atom. The first-order valence-corrected chi connectivity index (χ1v) is 7.93. The Hall–Kier alpha value is -3.23. The lowest BCUT2D eigenvalue weighted by atomic mass is 10.1. The van der Waals surface area contributed by atoms with Crippen LogP contribution in [0.2, 0.25) is 0 Å². The van der Waals surface area contributed by atoms with Crippen molar-refractivity contribution in [2.75, 3.05) is 7.05 Å². The molecule has 0 aliphatic carbocycles. The van der Waals surface area contributed by atoms with E-state index in [1.165, 1.54) is 35.0 Å². The molecular formula is C17H18N4O5. The van der Waals surface area contributed by atoms with E-state index in [4.69, 9.17) is 4.74 Å². The highest BCUT2D eigenvalue weighted by molar-refractivity contribution is 6.02. The molecule has 1 amide bonds. The lowest BCUT2D eigenvalue weighted by Gasteiger charge is -2.19. The molecule has 0 radical (unpaired) electrons. The number of imidazole rings is 1. The number of hydrogen-bond donors (Lipinski definition) is 0. The lowest BCUT2D eigenvalue weighted by Crippen LogP contribution is -2.28. The molecule has 1 aliphatic rings. The van der Waals surface area contributed by atoms with Crippen LogP contribution in [0.25, 0.3) is 5.69 Å². The number of rotatable bonds is 2. The maximum absolute atomic E-state index is 12.7. The minimum Gasteiger partial charge on any atom is -0.455 e. The lowest BCUT2D eigenvalue weighted by molar-refractivity contribution is -0.385. The van der Waals surface area contributed by atoms with E-state index in [-0.39, 0.29) is 23.5 Å². The molecule has 9 nitrogen and oxygen atoms in total. The Kier molecular flexibility index (Phi) is 4.02. The number of aromatic nitrogens is 2. The summed E-state index contributed by atoms with van der Waals surface area (Å²) in [5.74, 6) is -1.10. The number of nitro groups is 1. The van der Waals surface area contributed by atoms with E-state index in [2.05, 4.69) is 4.98 Å². The third-order valence-corrected chi connectivity index (χ3v) is 3.88. The normalized spacial score (nSPS) is 13.7. The standard InChI is InChI=1S/C17H18N4O5/c1-17(2,3)26-16(23)14-12-8-19(4)15(22)13-10(20(12)9-18-14)6-5-7-11(13)21(24)25/h5-7,9H,8H2,1-4H3. The number of amides is 1. The van der Waals surface area contributed by atoms with Crippen LogP contribution < -0.4 is 0 Å². The first kappa shape index (κ1) is 17.6. The number of nitro benzene ring substituents is 1. The molecule has 2 aromatic rings. The molecule has 0 atom stereocenters. The molecule has 9 heteroatoms. The number of fused-ring (bicyclic) bond motifs is 3. The van der Waals surface area contributed by atoms with Gasteiger partial charge in [0.05, 0.1) is 22.8 Å². The van der Waals surface area contributed by atoms with E-state index in [0.29, 0.717) is 11.4 Å². The first-order valence-electron chi connectivity index (χ1n) is 7.93. The van der Waals surface area contributed by atoms with Gasteiger partial charge in [0, 0.05) is 13.1 Å². The number of esters is 1. The van der Waals surface area contributed by atoms with Crippen LogP contribution in [-0.2, 0) is 11.3 Å². The molecule has 1 aromatic heterocycles. The predicted octanol–water partition coefficient (Wildman–Crippen LogP) is 2.32. The highest BCUT2D eigenvalue weighted by Gasteiger charge is 2.34. The van der Waals surface area contributed by atoms with Crippen LogP contribution >= 0.6 is 0 Å². The van der Waals surface area contributed by atoms with Gasteiger partial charge in [-0.15, -0.1) is 0 Å². The maximum Gasteiger partial charge on any atom is 0.359 e. The fraction of sp³-hybridized carbons (Fsp3) is 0.353. The molecule has 0 spiro atoms. The van der Waals surface area contributed by atoms with Crippen molar-refractivity contribution in [1.82, 2.24) is 14.5 Å². The van der Waals surface area contributed by atoms with E-state index in [1.54, 1.807) is 26.8 Å². The Morgan fingerprint density at radius 3 is 2.65 bits per heavy atom. The highest BCUT2D eigenvalue weighted by Crippen LogP contribution is 2.32. The first-order chi connectivity index (χ1) is 12.1. The van der Waals surface area contributed by atoms with Gasteiger partial charge in [0.1, 0.15) is 17.5 Å². The van der Waals surface area contributed by atoms with Crippen molar-refractivity contribution < 1.29 is 19.2 Å². The summed E-state index contributed by atoms with van der Waals surface area (Å²) in [5.41, 5.74) is -0.192. The third-order valence-electron chi connectivity index (χ3n) is 3.88. The molecule has 0 bridgehead atoms. The smallest absolute Gasteiger partial charge is 0.359 e. The van der Waals surface area contributed by atoms with Gasteiger partial charge in [0.15, 0.2) is 5.69 Å². The van der Waals surface area contributed by atoms with Gasteiger partial charge in [-0.3, -0.25) is 19.5 Å². The Balaban J connectivity index is 2.20. The summed E-state index contributed by atoms with van der Waals surface area (Å²) in [4.78, 5) is 41.4. The van der Waals surface area contributed by atoms with Crippen molar-refractivity contribution in [3.05, 3.63) is 51.6 Å². The average Bonchev–Trinajstić information content (AvgIpc) is 2.91. The number of ether oxygens (including phenoxy) is 1. The van der Waals surface area contributed by atoms with Crippen LogP contribution in [0.3, 0.4) is 0 Å². The molecule has 136 valence electrons. The zero-order valence-electron chi connectivity index (χ0n) is 14.8. The van der Waals surface area contributed by atoms with Crippen LogP contribution in [0.5, 0.6) is 0 Å². The summed E-state index contributed by atoms with van der Waals surface area (Å²) in [6.07, 6.45) is 1.38.